The Balaban J connectivity index is 0.00000180. The Bertz CT molecular complexity index is 700. The summed E-state index contributed by atoms with van der Waals surface area (Å²) in [6.45, 7) is 5.77. The number of rotatable bonds is 1. The Labute approximate surface area is 136 Å². The second-order valence-electron chi connectivity index (χ2n) is 5.39. The van der Waals surface area contributed by atoms with Gasteiger partial charge in [0.25, 0.3) is 10.1 Å². The van der Waals surface area contributed by atoms with Crippen molar-refractivity contribution >= 4 is 50.4 Å². The molecule has 0 fully saturated rings. The van der Waals surface area contributed by atoms with Crippen LogP contribution in [0.2, 0.25) is 0 Å². The average molecular weight is 288 g/mol. The van der Waals surface area contributed by atoms with Crippen molar-refractivity contribution in [3.8, 4) is 0 Å². The van der Waals surface area contributed by atoms with E-state index in [1.54, 1.807) is 18.2 Å². The molecule has 2 aromatic carbocycles. The number of fused-ring (bicyclic) bond motifs is 1. The van der Waals surface area contributed by atoms with Crippen LogP contribution in [-0.4, -0.2) is 42.5 Å². The first-order valence-corrected chi connectivity index (χ1v) is 7.15. The van der Waals surface area contributed by atoms with E-state index < -0.39 is 10.1 Å². The molecule has 2 rings (SSSR count). The second-order valence-corrected chi connectivity index (χ2v) is 6.75. The third-order valence-corrected chi connectivity index (χ3v) is 3.90. The second kappa shape index (κ2) is 5.54. The van der Waals surface area contributed by atoms with Crippen molar-refractivity contribution in [2.45, 2.75) is 31.1 Å². The van der Waals surface area contributed by atoms with Crippen molar-refractivity contribution in [3.63, 3.8) is 0 Å². The van der Waals surface area contributed by atoms with E-state index in [-0.39, 0.29) is 39.9 Å². The maximum absolute atomic E-state index is 11.7. The van der Waals surface area contributed by atoms with Crippen molar-refractivity contribution in [2.75, 3.05) is 0 Å². The van der Waals surface area contributed by atoms with Gasteiger partial charge in [-0.1, -0.05) is 57.2 Å². The Hall–Kier alpha value is -0.390. The molecule has 2 aromatic rings. The van der Waals surface area contributed by atoms with Crippen molar-refractivity contribution in [2.24, 2.45) is 0 Å². The predicted octanol–water partition coefficient (Wildman–Crippen LogP) is 2.74. The van der Waals surface area contributed by atoms with Gasteiger partial charge in [0, 0.05) is 5.39 Å². The first-order chi connectivity index (χ1) is 8.21. The van der Waals surface area contributed by atoms with Gasteiger partial charge in [0.15, 0.2) is 0 Å². The van der Waals surface area contributed by atoms with E-state index in [1.165, 1.54) is 0 Å². The number of hydrogen-bond acceptors (Lipinski definition) is 2. The molecule has 0 unspecified atom stereocenters. The Kier molecular flexibility index (Phi) is 4.86. The molecule has 3 nitrogen and oxygen atoms in total. The molecule has 0 radical (unpaired) electrons. The molecule has 0 atom stereocenters. The number of hydrogen-bond donors (Lipinski definition) is 1. The van der Waals surface area contributed by atoms with E-state index in [9.17, 15) is 13.0 Å². The topological polar surface area (TPSA) is 54.4 Å². The van der Waals surface area contributed by atoms with Gasteiger partial charge in [0.1, 0.15) is 4.90 Å². The Morgan fingerprint density at radius 3 is 2.11 bits per heavy atom. The van der Waals surface area contributed by atoms with Gasteiger partial charge in [-0.3, -0.25) is 4.55 Å². The summed E-state index contributed by atoms with van der Waals surface area (Å²) in [5.74, 6) is 0. The summed E-state index contributed by atoms with van der Waals surface area (Å²) in [6, 6.07) is 10.8. The molecule has 0 aliphatic carbocycles. The molecule has 98 valence electrons. The molecule has 0 heterocycles. The molecule has 0 bridgehead atoms. The zero-order valence-electron chi connectivity index (χ0n) is 10.6. The van der Waals surface area contributed by atoms with E-state index in [0.29, 0.717) is 10.9 Å². The van der Waals surface area contributed by atoms with Gasteiger partial charge in [-0.2, -0.15) is 8.42 Å². The molecule has 0 saturated heterocycles. The third kappa shape index (κ3) is 3.38. The summed E-state index contributed by atoms with van der Waals surface area (Å²) in [4.78, 5) is 0.0214. The molecule has 0 aliphatic rings. The van der Waals surface area contributed by atoms with E-state index in [2.05, 4.69) is 0 Å². The zero-order chi connectivity index (χ0) is 13.6. The molecule has 0 aromatic heterocycles. The van der Waals surface area contributed by atoms with Crippen LogP contribution in [0.5, 0.6) is 0 Å². The van der Waals surface area contributed by atoms with Gasteiger partial charge < -0.3 is 0 Å². The van der Waals surface area contributed by atoms with Gasteiger partial charge in [-0.05, 0) is 16.4 Å². The van der Waals surface area contributed by atoms with E-state index >= 15 is 0 Å². The third-order valence-electron chi connectivity index (χ3n) is 2.95. The van der Waals surface area contributed by atoms with Crippen LogP contribution in [0.1, 0.15) is 26.3 Å². The molecule has 0 saturated carbocycles. The molecule has 5 heteroatoms. The van der Waals surface area contributed by atoms with Crippen molar-refractivity contribution in [3.05, 3.63) is 42.0 Å². The summed E-state index contributed by atoms with van der Waals surface area (Å²) >= 11 is 0. The van der Waals surface area contributed by atoms with Crippen LogP contribution in [0.3, 0.4) is 0 Å². The molecule has 0 aliphatic heterocycles. The molecular formula is C14H17NaO3S. The summed E-state index contributed by atoms with van der Waals surface area (Å²) in [5, 5.41) is 1.37. The van der Waals surface area contributed by atoms with Crippen LogP contribution in [-0.2, 0) is 15.5 Å². The maximum atomic E-state index is 11.7. The quantitative estimate of drug-likeness (QED) is 0.648. The first kappa shape index (κ1) is 16.7. The SMILES string of the molecule is CC(C)(C)c1ccc2ccccc2c1S(=O)(=O)O.[NaH]. The molecule has 19 heavy (non-hydrogen) atoms. The zero-order valence-corrected chi connectivity index (χ0v) is 11.5. The average Bonchev–Trinajstić information content (AvgIpc) is 2.24. The van der Waals surface area contributed by atoms with Gasteiger partial charge in [0.05, 0.1) is 0 Å². The first-order valence-electron chi connectivity index (χ1n) is 5.71. The molecule has 0 amide bonds. The van der Waals surface area contributed by atoms with Gasteiger partial charge >= 0.3 is 29.6 Å². The molecule has 1 N–H and O–H groups in total. The fourth-order valence-corrected chi connectivity index (χ4v) is 3.23. The molecule has 0 spiro atoms. The number of benzene rings is 2. The van der Waals surface area contributed by atoms with E-state index in [0.717, 1.165) is 5.39 Å². The van der Waals surface area contributed by atoms with Crippen LogP contribution in [0.4, 0.5) is 0 Å². The molecular weight excluding hydrogens is 271 g/mol. The van der Waals surface area contributed by atoms with Crippen molar-refractivity contribution < 1.29 is 13.0 Å². The van der Waals surface area contributed by atoms with Gasteiger partial charge in [0.2, 0.25) is 0 Å². The van der Waals surface area contributed by atoms with Crippen LogP contribution < -0.4 is 0 Å². The normalized spacial score (nSPS) is 12.2. The summed E-state index contributed by atoms with van der Waals surface area (Å²) in [6.07, 6.45) is 0. The van der Waals surface area contributed by atoms with Gasteiger partial charge in [-0.15, -0.1) is 0 Å². The monoisotopic (exact) mass is 288 g/mol. The van der Waals surface area contributed by atoms with Crippen molar-refractivity contribution in [1.82, 2.24) is 0 Å². The Morgan fingerprint density at radius 2 is 1.58 bits per heavy atom. The summed E-state index contributed by atoms with van der Waals surface area (Å²) in [5.41, 5.74) is 0.276. The predicted molar refractivity (Wildman–Crippen MR) is 79.6 cm³/mol. The standard InChI is InChI=1S/C14H16O3S.Na.H/c1-14(2,3)12-9-8-10-6-4-5-7-11(10)13(12)18(15,16)17;;/h4-9H,1-3H3,(H,15,16,17);;. The van der Waals surface area contributed by atoms with Crippen LogP contribution in [0.25, 0.3) is 10.8 Å². The van der Waals surface area contributed by atoms with E-state index in [1.807, 2.05) is 39.0 Å². The Morgan fingerprint density at radius 1 is 1.00 bits per heavy atom. The van der Waals surface area contributed by atoms with Crippen molar-refractivity contribution in [1.29, 1.82) is 0 Å². The fraction of sp³-hybridized carbons (Fsp3) is 0.286. The van der Waals surface area contributed by atoms with Crippen LogP contribution in [0, 0.1) is 0 Å². The van der Waals surface area contributed by atoms with Crippen LogP contribution >= 0.6 is 0 Å². The summed E-state index contributed by atoms with van der Waals surface area (Å²) < 4.78 is 32.8. The van der Waals surface area contributed by atoms with Gasteiger partial charge in [-0.25, -0.2) is 0 Å². The fourth-order valence-electron chi connectivity index (χ4n) is 2.11. The van der Waals surface area contributed by atoms with Crippen LogP contribution in [0.15, 0.2) is 41.3 Å². The summed E-state index contributed by atoms with van der Waals surface area (Å²) in [7, 11) is -4.24. The minimum atomic E-state index is -4.24. The minimum absolute atomic E-state index is 0. The van der Waals surface area contributed by atoms with E-state index in [4.69, 9.17) is 0 Å².